The smallest absolute Gasteiger partial charge is 0.408 e. The molecule has 3 aliphatic rings. The SMILES string of the molecule is C=CC1CC1(NC(=O)C1CC(Oc2ccc3c(OC)cnc(Cl)c3c2)CN1C(=O)C(NC(=O)OC(C)(C)C)C(C)(C)C)C(=O)NS(=O)(=O)C1CC1. The van der Waals surface area contributed by atoms with Crippen molar-refractivity contribution < 1.29 is 41.8 Å². The molecule has 1 saturated heterocycles. The number of rotatable bonds is 11. The number of hydrogen-bond acceptors (Lipinski definition) is 10. The average molecular weight is 748 g/mol. The number of alkyl carbamates (subject to hydrolysis) is 1. The molecular weight excluding hydrogens is 702 g/mol. The van der Waals surface area contributed by atoms with Crippen molar-refractivity contribution in [2.75, 3.05) is 13.7 Å². The van der Waals surface area contributed by atoms with Crippen LogP contribution in [0.25, 0.3) is 10.8 Å². The van der Waals surface area contributed by atoms with Gasteiger partial charge in [0.25, 0.3) is 5.91 Å². The maximum absolute atomic E-state index is 14.4. The van der Waals surface area contributed by atoms with Crippen LogP contribution in [0.3, 0.4) is 0 Å². The molecule has 278 valence electrons. The highest BCUT2D eigenvalue weighted by atomic mass is 35.5. The highest BCUT2D eigenvalue weighted by Crippen LogP contribution is 2.45. The number of amides is 4. The van der Waals surface area contributed by atoms with E-state index in [9.17, 15) is 27.6 Å². The number of fused-ring (bicyclic) bond motifs is 1. The van der Waals surface area contributed by atoms with Crippen LogP contribution in [0.4, 0.5) is 4.79 Å². The second kappa shape index (κ2) is 13.8. The molecule has 5 atom stereocenters. The average Bonchev–Trinajstić information content (AvgIpc) is 3.95. The van der Waals surface area contributed by atoms with E-state index in [2.05, 4.69) is 26.9 Å². The predicted octanol–water partition coefficient (Wildman–Crippen LogP) is 3.85. The molecule has 5 rings (SSSR count). The quantitative estimate of drug-likeness (QED) is 0.226. The summed E-state index contributed by atoms with van der Waals surface area (Å²) in [5, 5.41) is 6.31. The van der Waals surface area contributed by atoms with Crippen LogP contribution in [0.15, 0.2) is 37.1 Å². The first-order chi connectivity index (χ1) is 23.7. The first-order valence-corrected chi connectivity index (χ1v) is 18.7. The Morgan fingerprint density at radius 2 is 1.80 bits per heavy atom. The van der Waals surface area contributed by atoms with Crippen LogP contribution in [0, 0.1) is 11.3 Å². The van der Waals surface area contributed by atoms with Crippen molar-refractivity contribution >= 4 is 56.2 Å². The summed E-state index contributed by atoms with van der Waals surface area (Å²) in [7, 11) is -2.38. The molecule has 16 heteroatoms. The molecule has 1 aromatic carbocycles. The maximum atomic E-state index is 14.4. The van der Waals surface area contributed by atoms with Gasteiger partial charge >= 0.3 is 6.09 Å². The van der Waals surface area contributed by atoms with Crippen LogP contribution >= 0.6 is 11.6 Å². The van der Waals surface area contributed by atoms with Gasteiger partial charge in [-0.15, -0.1) is 6.58 Å². The molecule has 1 aliphatic heterocycles. The molecule has 3 N–H and O–H groups in total. The van der Waals surface area contributed by atoms with Gasteiger partial charge in [0.15, 0.2) is 0 Å². The number of methoxy groups -OCH3 is 1. The van der Waals surface area contributed by atoms with Gasteiger partial charge in [0, 0.05) is 23.1 Å². The van der Waals surface area contributed by atoms with Crippen molar-refractivity contribution in [1.29, 1.82) is 0 Å². The highest BCUT2D eigenvalue weighted by Gasteiger charge is 2.62. The fourth-order valence-electron chi connectivity index (χ4n) is 6.23. The van der Waals surface area contributed by atoms with Crippen molar-refractivity contribution in [2.45, 2.75) is 102 Å². The van der Waals surface area contributed by atoms with Crippen LogP contribution in [0.2, 0.25) is 5.15 Å². The van der Waals surface area contributed by atoms with E-state index in [0.717, 1.165) is 0 Å². The van der Waals surface area contributed by atoms with Gasteiger partial charge in [-0.1, -0.05) is 38.4 Å². The maximum Gasteiger partial charge on any atom is 0.408 e. The van der Waals surface area contributed by atoms with E-state index >= 15 is 0 Å². The number of ether oxygens (including phenoxy) is 3. The Kier molecular flexibility index (Phi) is 10.3. The third-order valence-electron chi connectivity index (χ3n) is 9.17. The summed E-state index contributed by atoms with van der Waals surface area (Å²) in [5.74, 6) is -1.72. The van der Waals surface area contributed by atoms with Crippen molar-refractivity contribution in [3.8, 4) is 11.5 Å². The van der Waals surface area contributed by atoms with Gasteiger partial charge < -0.3 is 29.7 Å². The van der Waals surface area contributed by atoms with Crippen molar-refractivity contribution in [1.82, 2.24) is 25.2 Å². The van der Waals surface area contributed by atoms with Crippen molar-refractivity contribution in [3.63, 3.8) is 0 Å². The molecule has 14 nitrogen and oxygen atoms in total. The third kappa shape index (κ3) is 8.35. The predicted molar refractivity (Wildman–Crippen MR) is 190 cm³/mol. The lowest BCUT2D eigenvalue weighted by atomic mass is 9.85. The number of benzene rings is 1. The molecule has 4 amide bonds. The second-order valence-electron chi connectivity index (χ2n) is 15.4. The molecule has 2 heterocycles. The molecule has 2 saturated carbocycles. The van der Waals surface area contributed by atoms with Crippen LogP contribution < -0.4 is 24.8 Å². The van der Waals surface area contributed by atoms with Gasteiger partial charge in [-0.3, -0.25) is 19.1 Å². The minimum Gasteiger partial charge on any atom is -0.494 e. The lowest BCUT2D eigenvalue weighted by Crippen LogP contribution is -2.60. The molecule has 0 radical (unpaired) electrons. The number of carbonyl (C=O) groups excluding carboxylic acids is 4. The van der Waals surface area contributed by atoms with E-state index in [4.69, 9.17) is 25.8 Å². The Hall–Kier alpha value is -4.11. The summed E-state index contributed by atoms with van der Waals surface area (Å²) >= 11 is 6.39. The molecule has 2 aliphatic carbocycles. The topological polar surface area (TPSA) is 182 Å². The molecule has 0 bridgehead atoms. The van der Waals surface area contributed by atoms with Crippen LogP contribution in [-0.4, -0.2) is 90.3 Å². The Labute approximate surface area is 303 Å². The molecule has 2 aromatic rings. The Morgan fingerprint density at radius 1 is 1.12 bits per heavy atom. The summed E-state index contributed by atoms with van der Waals surface area (Å²) in [6.45, 7) is 14.1. The highest BCUT2D eigenvalue weighted by molar-refractivity contribution is 7.91. The molecule has 1 aromatic heterocycles. The first-order valence-electron chi connectivity index (χ1n) is 16.8. The normalized spacial score (nSPS) is 23.9. The van der Waals surface area contributed by atoms with Crippen molar-refractivity contribution in [2.24, 2.45) is 11.3 Å². The number of likely N-dealkylation sites (tertiary alicyclic amines) is 1. The number of carbonyl (C=O) groups is 4. The fourth-order valence-corrected chi connectivity index (χ4v) is 7.79. The Bertz CT molecular complexity index is 1850. The number of sulfonamides is 1. The van der Waals surface area contributed by atoms with E-state index in [1.807, 2.05) is 0 Å². The summed E-state index contributed by atoms with van der Waals surface area (Å²) in [4.78, 5) is 60.4. The monoisotopic (exact) mass is 747 g/mol. The number of nitrogens with one attached hydrogen (secondary N) is 3. The summed E-state index contributed by atoms with van der Waals surface area (Å²) in [6, 6.07) is 2.88. The number of aromatic nitrogens is 1. The Balaban J connectivity index is 1.44. The van der Waals surface area contributed by atoms with Crippen LogP contribution in [0.1, 0.15) is 67.2 Å². The van der Waals surface area contributed by atoms with Gasteiger partial charge in [0.2, 0.25) is 21.8 Å². The van der Waals surface area contributed by atoms with E-state index in [1.165, 1.54) is 24.3 Å². The van der Waals surface area contributed by atoms with Gasteiger partial charge in [0.05, 0.1) is 25.1 Å². The molecule has 51 heavy (non-hydrogen) atoms. The minimum atomic E-state index is -3.90. The van der Waals surface area contributed by atoms with Crippen LogP contribution in [0.5, 0.6) is 11.5 Å². The second-order valence-corrected chi connectivity index (χ2v) is 17.8. The van der Waals surface area contributed by atoms with Crippen LogP contribution in [-0.2, 0) is 29.1 Å². The lowest BCUT2D eigenvalue weighted by molar-refractivity contribution is -0.143. The molecule has 3 fully saturated rings. The zero-order valence-corrected chi connectivity index (χ0v) is 31.4. The van der Waals surface area contributed by atoms with Gasteiger partial charge in [-0.25, -0.2) is 18.2 Å². The third-order valence-corrected chi connectivity index (χ3v) is 11.3. The lowest BCUT2D eigenvalue weighted by Gasteiger charge is -2.36. The van der Waals surface area contributed by atoms with E-state index in [-0.39, 0.29) is 24.5 Å². The summed E-state index contributed by atoms with van der Waals surface area (Å²) in [5.41, 5.74) is -3.22. The Morgan fingerprint density at radius 3 is 2.37 bits per heavy atom. The van der Waals surface area contributed by atoms with E-state index in [0.29, 0.717) is 35.1 Å². The number of halogens is 1. The zero-order valence-electron chi connectivity index (χ0n) is 29.9. The fraction of sp³-hybridized carbons (Fsp3) is 0.571. The standard InChI is InChI=1S/C35H46ClN5O9S/c1-9-19-16-35(19,31(44)40-51(46,47)22-11-12-22)39-29(42)25-15-21(49-20-10-13-23-24(14-20)28(36)37-17-26(23)48-8)18-41(25)30(43)27(33(2,3)4)38-32(45)50-34(5,6)7/h9-10,13-14,17,19,21-22,25,27H,1,11-12,15-16,18H2,2-8H3,(H,38,45)(H,39,42)(H,40,44). The first kappa shape index (κ1) is 38.1. The minimum absolute atomic E-state index is 0.0137. The van der Waals surface area contributed by atoms with Gasteiger partial charge in [-0.2, -0.15) is 0 Å². The van der Waals surface area contributed by atoms with E-state index < -0.39 is 79.7 Å². The van der Waals surface area contributed by atoms with Crippen molar-refractivity contribution in [3.05, 3.63) is 42.2 Å². The number of hydrogen-bond donors (Lipinski definition) is 3. The molecule has 5 unspecified atom stereocenters. The molecule has 0 spiro atoms. The number of nitrogens with zero attached hydrogens (tertiary/aromatic N) is 2. The molecular formula is C35H46ClN5O9S. The summed E-state index contributed by atoms with van der Waals surface area (Å²) < 4.78 is 44.6. The zero-order chi connectivity index (χ0) is 37.7. The number of pyridine rings is 1. The van der Waals surface area contributed by atoms with E-state index in [1.54, 1.807) is 59.7 Å². The largest absolute Gasteiger partial charge is 0.494 e. The van der Waals surface area contributed by atoms with Gasteiger partial charge in [0.1, 0.15) is 46.0 Å². The summed E-state index contributed by atoms with van der Waals surface area (Å²) in [6.07, 6.45) is 2.53. The van der Waals surface area contributed by atoms with Gasteiger partial charge in [-0.05, 0) is 63.6 Å².